The van der Waals surface area contributed by atoms with Gasteiger partial charge in [-0.1, -0.05) is 0 Å². The summed E-state index contributed by atoms with van der Waals surface area (Å²) in [6.07, 6.45) is 0.493. The van der Waals surface area contributed by atoms with E-state index in [1.165, 1.54) is 0 Å². The number of nitrogens with zero attached hydrogens (tertiary/aromatic N) is 2. The lowest BCUT2D eigenvalue weighted by atomic mass is 10.1. The number of hydrogen-bond acceptors (Lipinski definition) is 4. The molecule has 0 radical (unpaired) electrons. The number of nitriles is 1. The van der Waals surface area contributed by atoms with Gasteiger partial charge in [-0.2, -0.15) is 5.26 Å². The molecule has 1 atom stereocenters. The Kier molecular flexibility index (Phi) is 3.60. The van der Waals surface area contributed by atoms with Crippen molar-refractivity contribution >= 4 is 0 Å². The fraction of sp³-hybridized carbons (Fsp3) is 0.583. The summed E-state index contributed by atoms with van der Waals surface area (Å²) in [6, 6.07) is 6.31. The van der Waals surface area contributed by atoms with E-state index in [2.05, 4.69) is 16.3 Å². The van der Waals surface area contributed by atoms with Crippen LogP contribution in [0.4, 0.5) is 0 Å². The van der Waals surface area contributed by atoms with Crippen LogP contribution in [0.3, 0.4) is 0 Å². The average Bonchev–Trinajstić information content (AvgIpc) is 2.74. The third-order valence-electron chi connectivity index (χ3n) is 2.97. The molecule has 0 aliphatic carbocycles. The van der Waals surface area contributed by atoms with E-state index in [9.17, 15) is 0 Å². The maximum Gasteiger partial charge on any atom is 0.122 e. The minimum Gasteiger partial charge on any atom is -0.465 e. The first-order valence-electron chi connectivity index (χ1n) is 5.69. The fourth-order valence-electron chi connectivity index (χ4n) is 2.12. The van der Waals surface area contributed by atoms with Gasteiger partial charge in [-0.3, -0.25) is 4.90 Å². The van der Waals surface area contributed by atoms with Crippen molar-refractivity contribution in [3.63, 3.8) is 0 Å². The SMILES string of the molecule is Cc1ccc([C@@H](CC#N)N2CCNCC2)o1. The number of furan rings is 1. The molecule has 86 valence electrons. The fourth-order valence-corrected chi connectivity index (χ4v) is 2.12. The van der Waals surface area contributed by atoms with Gasteiger partial charge in [0.2, 0.25) is 0 Å². The summed E-state index contributed by atoms with van der Waals surface area (Å²) in [5.74, 6) is 1.83. The van der Waals surface area contributed by atoms with Crippen molar-refractivity contribution in [3.8, 4) is 6.07 Å². The maximum absolute atomic E-state index is 8.90. The van der Waals surface area contributed by atoms with E-state index < -0.39 is 0 Å². The second kappa shape index (κ2) is 5.15. The Hall–Kier alpha value is -1.31. The third-order valence-corrected chi connectivity index (χ3v) is 2.97. The summed E-state index contributed by atoms with van der Waals surface area (Å²) in [7, 11) is 0. The van der Waals surface area contributed by atoms with Gasteiger partial charge in [0.05, 0.1) is 18.5 Å². The van der Waals surface area contributed by atoms with Crippen molar-refractivity contribution in [3.05, 3.63) is 23.7 Å². The van der Waals surface area contributed by atoms with Crippen LogP contribution in [-0.4, -0.2) is 31.1 Å². The first kappa shape index (κ1) is 11.2. The van der Waals surface area contributed by atoms with Gasteiger partial charge in [-0.15, -0.1) is 0 Å². The van der Waals surface area contributed by atoms with Gasteiger partial charge in [0.1, 0.15) is 11.5 Å². The molecule has 2 heterocycles. The third kappa shape index (κ3) is 2.43. The molecule has 0 saturated carbocycles. The number of nitrogens with one attached hydrogen (secondary N) is 1. The van der Waals surface area contributed by atoms with Crippen LogP contribution in [0.5, 0.6) is 0 Å². The zero-order chi connectivity index (χ0) is 11.4. The van der Waals surface area contributed by atoms with Gasteiger partial charge >= 0.3 is 0 Å². The molecule has 0 spiro atoms. The Morgan fingerprint density at radius 2 is 2.25 bits per heavy atom. The summed E-state index contributed by atoms with van der Waals surface area (Å²) in [4.78, 5) is 2.32. The zero-order valence-corrected chi connectivity index (χ0v) is 9.57. The standard InChI is InChI=1S/C12H17N3O/c1-10-2-3-12(16-10)11(4-5-13)15-8-6-14-7-9-15/h2-3,11,14H,4,6-9H2,1H3/t11-/m1/s1. The first-order chi connectivity index (χ1) is 7.81. The van der Waals surface area contributed by atoms with Crippen molar-refractivity contribution in [2.45, 2.75) is 19.4 Å². The Morgan fingerprint density at radius 3 is 2.81 bits per heavy atom. The van der Waals surface area contributed by atoms with E-state index in [4.69, 9.17) is 9.68 Å². The molecule has 0 unspecified atom stereocenters. The number of hydrogen-bond donors (Lipinski definition) is 1. The highest BCUT2D eigenvalue weighted by atomic mass is 16.3. The lowest BCUT2D eigenvalue weighted by molar-refractivity contribution is 0.156. The van der Waals surface area contributed by atoms with Gasteiger partial charge in [0.15, 0.2) is 0 Å². The van der Waals surface area contributed by atoms with Crippen molar-refractivity contribution in [1.82, 2.24) is 10.2 Å². The molecule has 4 heteroatoms. The van der Waals surface area contributed by atoms with Gasteiger partial charge in [0.25, 0.3) is 0 Å². The van der Waals surface area contributed by atoms with Crippen molar-refractivity contribution in [1.29, 1.82) is 5.26 Å². The Balaban J connectivity index is 2.13. The van der Waals surface area contributed by atoms with Crippen LogP contribution in [0.15, 0.2) is 16.5 Å². The van der Waals surface area contributed by atoms with Crippen molar-refractivity contribution in [2.24, 2.45) is 0 Å². The van der Waals surface area contributed by atoms with Crippen LogP contribution >= 0.6 is 0 Å². The highest BCUT2D eigenvalue weighted by Gasteiger charge is 2.24. The van der Waals surface area contributed by atoms with Crippen LogP contribution in [0.1, 0.15) is 24.0 Å². The molecule has 1 aliphatic heterocycles. The molecule has 16 heavy (non-hydrogen) atoms. The van der Waals surface area contributed by atoms with Crippen LogP contribution in [0.2, 0.25) is 0 Å². The minimum absolute atomic E-state index is 0.112. The predicted molar refractivity (Wildman–Crippen MR) is 60.9 cm³/mol. The first-order valence-corrected chi connectivity index (χ1v) is 5.69. The van der Waals surface area contributed by atoms with Gasteiger partial charge < -0.3 is 9.73 Å². The second-order valence-electron chi connectivity index (χ2n) is 4.11. The molecular formula is C12H17N3O. The van der Waals surface area contributed by atoms with E-state index in [0.29, 0.717) is 6.42 Å². The lowest BCUT2D eigenvalue weighted by Crippen LogP contribution is -2.45. The van der Waals surface area contributed by atoms with Crippen molar-refractivity contribution in [2.75, 3.05) is 26.2 Å². The van der Waals surface area contributed by atoms with Gasteiger partial charge in [-0.25, -0.2) is 0 Å². The monoisotopic (exact) mass is 219 g/mol. The maximum atomic E-state index is 8.90. The molecular weight excluding hydrogens is 202 g/mol. The second-order valence-corrected chi connectivity index (χ2v) is 4.11. The highest BCUT2D eigenvalue weighted by molar-refractivity contribution is 5.11. The van der Waals surface area contributed by atoms with Gasteiger partial charge in [-0.05, 0) is 19.1 Å². The zero-order valence-electron chi connectivity index (χ0n) is 9.57. The Labute approximate surface area is 95.8 Å². The van der Waals surface area contributed by atoms with E-state index in [1.54, 1.807) is 0 Å². The van der Waals surface area contributed by atoms with E-state index in [1.807, 2.05) is 19.1 Å². The van der Waals surface area contributed by atoms with Crippen LogP contribution < -0.4 is 5.32 Å². The molecule has 1 fully saturated rings. The summed E-state index contributed by atoms with van der Waals surface area (Å²) >= 11 is 0. The highest BCUT2D eigenvalue weighted by Crippen LogP contribution is 2.25. The molecule has 4 nitrogen and oxygen atoms in total. The Morgan fingerprint density at radius 1 is 1.50 bits per heavy atom. The molecule has 0 bridgehead atoms. The summed E-state index contributed by atoms with van der Waals surface area (Å²) in [5.41, 5.74) is 0. The molecule has 2 rings (SSSR count). The smallest absolute Gasteiger partial charge is 0.122 e. The number of rotatable bonds is 3. The van der Waals surface area contributed by atoms with Crippen LogP contribution in [-0.2, 0) is 0 Å². The Bertz CT molecular complexity index is 374. The van der Waals surface area contributed by atoms with E-state index >= 15 is 0 Å². The van der Waals surface area contributed by atoms with E-state index in [0.717, 1.165) is 37.7 Å². The minimum atomic E-state index is 0.112. The molecule has 0 aromatic carbocycles. The van der Waals surface area contributed by atoms with Gasteiger partial charge in [0, 0.05) is 26.2 Å². The normalized spacial score (nSPS) is 19.2. The topological polar surface area (TPSA) is 52.2 Å². The van der Waals surface area contributed by atoms with E-state index in [-0.39, 0.29) is 6.04 Å². The lowest BCUT2D eigenvalue weighted by Gasteiger charge is -2.32. The van der Waals surface area contributed by atoms with Crippen molar-refractivity contribution < 1.29 is 4.42 Å². The summed E-state index contributed by atoms with van der Waals surface area (Å²) in [5, 5.41) is 12.2. The molecule has 1 aromatic heterocycles. The molecule has 1 N–H and O–H groups in total. The largest absolute Gasteiger partial charge is 0.465 e. The molecule has 0 amide bonds. The molecule has 1 aromatic rings. The number of piperazine rings is 1. The number of aryl methyl sites for hydroxylation is 1. The predicted octanol–water partition coefficient (Wildman–Crippen LogP) is 1.45. The molecule has 1 aliphatic rings. The molecule has 1 saturated heterocycles. The van der Waals surface area contributed by atoms with Crippen LogP contribution in [0, 0.1) is 18.3 Å². The summed E-state index contributed by atoms with van der Waals surface area (Å²) in [6.45, 7) is 5.87. The van der Waals surface area contributed by atoms with Crippen LogP contribution in [0.25, 0.3) is 0 Å². The summed E-state index contributed by atoms with van der Waals surface area (Å²) < 4.78 is 5.64. The quantitative estimate of drug-likeness (QED) is 0.836. The average molecular weight is 219 g/mol.